The maximum atomic E-state index is 6.56. The molecule has 1 aromatic carbocycles. The molecule has 1 fully saturated rings. The van der Waals surface area contributed by atoms with Crippen LogP contribution in [0.5, 0.6) is 11.5 Å². The molecular formula is C14H19ClO3. The quantitative estimate of drug-likeness (QED) is 0.785. The van der Waals surface area contributed by atoms with Crippen molar-refractivity contribution >= 4 is 11.6 Å². The molecule has 0 aromatic heterocycles. The number of benzene rings is 1. The molecule has 3 atom stereocenters. The molecule has 3 nitrogen and oxygen atoms in total. The van der Waals surface area contributed by atoms with Gasteiger partial charge >= 0.3 is 0 Å². The molecule has 4 heteroatoms. The average molecular weight is 271 g/mol. The second kappa shape index (κ2) is 5.81. The lowest BCUT2D eigenvalue weighted by Gasteiger charge is -2.23. The van der Waals surface area contributed by atoms with Gasteiger partial charge in [0.15, 0.2) is 0 Å². The largest absolute Gasteiger partial charge is 0.497 e. The maximum absolute atomic E-state index is 6.56. The van der Waals surface area contributed by atoms with Gasteiger partial charge < -0.3 is 14.2 Å². The Hall–Kier alpha value is -0.930. The minimum Gasteiger partial charge on any atom is -0.497 e. The lowest BCUT2D eigenvalue weighted by atomic mass is 9.96. The lowest BCUT2D eigenvalue weighted by Crippen LogP contribution is -2.20. The molecule has 1 aliphatic heterocycles. The third-order valence-corrected chi connectivity index (χ3v) is 3.95. The minimum atomic E-state index is -0.215. The van der Waals surface area contributed by atoms with E-state index in [9.17, 15) is 0 Å². The zero-order valence-electron chi connectivity index (χ0n) is 11.0. The summed E-state index contributed by atoms with van der Waals surface area (Å²) in [6, 6.07) is 5.67. The van der Waals surface area contributed by atoms with E-state index in [1.165, 1.54) is 0 Å². The molecule has 1 saturated heterocycles. The molecule has 0 spiro atoms. The first-order valence-corrected chi connectivity index (χ1v) is 6.58. The third kappa shape index (κ3) is 2.57. The van der Waals surface area contributed by atoms with Crippen molar-refractivity contribution in [2.45, 2.75) is 24.8 Å². The van der Waals surface area contributed by atoms with Gasteiger partial charge in [-0.15, -0.1) is 11.6 Å². The van der Waals surface area contributed by atoms with Crippen molar-refractivity contribution in [1.82, 2.24) is 0 Å². The van der Waals surface area contributed by atoms with Crippen molar-refractivity contribution in [3.05, 3.63) is 23.8 Å². The number of methoxy groups -OCH3 is 2. The van der Waals surface area contributed by atoms with Crippen LogP contribution in [0.4, 0.5) is 0 Å². The fraction of sp³-hybridized carbons (Fsp3) is 0.571. The summed E-state index contributed by atoms with van der Waals surface area (Å²) in [6.07, 6.45) is 1.09. The smallest absolute Gasteiger partial charge is 0.123 e. The van der Waals surface area contributed by atoms with Gasteiger partial charge in [0.1, 0.15) is 11.5 Å². The average Bonchev–Trinajstić information content (AvgIpc) is 2.83. The summed E-state index contributed by atoms with van der Waals surface area (Å²) < 4.78 is 16.3. The topological polar surface area (TPSA) is 27.7 Å². The van der Waals surface area contributed by atoms with E-state index < -0.39 is 0 Å². The highest BCUT2D eigenvalue weighted by molar-refractivity contribution is 6.21. The summed E-state index contributed by atoms with van der Waals surface area (Å²) in [6.45, 7) is 2.95. The van der Waals surface area contributed by atoms with E-state index in [-0.39, 0.29) is 11.5 Å². The Labute approximate surface area is 113 Å². The van der Waals surface area contributed by atoms with Crippen molar-refractivity contribution in [1.29, 1.82) is 0 Å². The Kier molecular flexibility index (Phi) is 4.36. The molecule has 3 unspecified atom stereocenters. The third-order valence-electron chi connectivity index (χ3n) is 3.47. The SMILES string of the molecule is COc1ccc(OC)c(C(Cl)C2OCCC2C)c1. The van der Waals surface area contributed by atoms with Crippen molar-refractivity contribution < 1.29 is 14.2 Å². The van der Waals surface area contributed by atoms with Crippen LogP contribution in [0.25, 0.3) is 0 Å². The standard InChI is InChI=1S/C14H19ClO3/c1-9-6-7-18-14(9)13(15)11-8-10(16-2)4-5-12(11)17-3/h4-5,8-9,13-14H,6-7H2,1-3H3. The first kappa shape index (κ1) is 13.5. The van der Waals surface area contributed by atoms with Gasteiger partial charge in [-0.2, -0.15) is 0 Å². The highest BCUT2D eigenvalue weighted by Crippen LogP contribution is 2.40. The predicted molar refractivity (Wildman–Crippen MR) is 71.7 cm³/mol. The van der Waals surface area contributed by atoms with Crippen LogP contribution in [0, 0.1) is 5.92 Å². The molecule has 1 aliphatic rings. The van der Waals surface area contributed by atoms with Gasteiger partial charge in [0.25, 0.3) is 0 Å². The van der Waals surface area contributed by atoms with E-state index in [4.69, 9.17) is 25.8 Å². The summed E-state index contributed by atoms with van der Waals surface area (Å²) in [4.78, 5) is 0. The molecule has 1 heterocycles. The molecule has 100 valence electrons. The summed E-state index contributed by atoms with van der Waals surface area (Å²) >= 11 is 6.56. The minimum absolute atomic E-state index is 0.0349. The van der Waals surface area contributed by atoms with Gasteiger partial charge in [-0.05, 0) is 30.5 Å². The van der Waals surface area contributed by atoms with E-state index in [1.807, 2.05) is 18.2 Å². The second-order valence-electron chi connectivity index (χ2n) is 4.61. The predicted octanol–water partition coefficient (Wildman–Crippen LogP) is 3.41. The number of hydrogen-bond acceptors (Lipinski definition) is 3. The molecule has 0 aliphatic carbocycles. The number of rotatable bonds is 4. The van der Waals surface area contributed by atoms with Crippen LogP contribution in [0.15, 0.2) is 18.2 Å². The normalized spacial score (nSPS) is 24.9. The van der Waals surface area contributed by atoms with Crippen LogP contribution in [-0.2, 0) is 4.74 Å². The molecule has 2 rings (SSSR count). The van der Waals surface area contributed by atoms with E-state index >= 15 is 0 Å². The van der Waals surface area contributed by atoms with E-state index in [1.54, 1.807) is 14.2 Å². The molecule has 0 saturated carbocycles. The van der Waals surface area contributed by atoms with E-state index in [0.717, 1.165) is 30.1 Å². The molecular weight excluding hydrogens is 252 g/mol. The fourth-order valence-electron chi connectivity index (χ4n) is 2.32. The molecule has 18 heavy (non-hydrogen) atoms. The fourth-order valence-corrected chi connectivity index (χ4v) is 2.81. The highest BCUT2D eigenvalue weighted by Gasteiger charge is 2.33. The Bertz CT molecular complexity index is 408. The number of ether oxygens (including phenoxy) is 3. The van der Waals surface area contributed by atoms with Crippen LogP contribution >= 0.6 is 11.6 Å². The number of hydrogen-bond donors (Lipinski definition) is 0. The Morgan fingerprint density at radius 3 is 2.67 bits per heavy atom. The molecule has 0 N–H and O–H groups in total. The number of halogens is 1. The first-order valence-electron chi connectivity index (χ1n) is 6.15. The Balaban J connectivity index is 2.29. The van der Waals surface area contributed by atoms with Crippen molar-refractivity contribution in [3.8, 4) is 11.5 Å². The van der Waals surface area contributed by atoms with Gasteiger partial charge in [0, 0.05) is 12.2 Å². The van der Waals surface area contributed by atoms with Crippen LogP contribution in [-0.4, -0.2) is 26.9 Å². The summed E-state index contributed by atoms with van der Waals surface area (Å²) in [5, 5.41) is -0.215. The van der Waals surface area contributed by atoms with Crippen molar-refractivity contribution in [2.75, 3.05) is 20.8 Å². The van der Waals surface area contributed by atoms with Gasteiger partial charge in [0.2, 0.25) is 0 Å². The van der Waals surface area contributed by atoms with Crippen LogP contribution < -0.4 is 9.47 Å². The lowest BCUT2D eigenvalue weighted by molar-refractivity contribution is 0.0897. The molecule has 1 aromatic rings. The van der Waals surface area contributed by atoms with E-state index in [0.29, 0.717) is 5.92 Å². The van der Waals surface area contributed by atoms with Gasteiger partial charge in [0.05, 0.1) is 25.7 Å². The van der Waals surface area contributed by atoms with Gasteiger partial charge in [-0.25, -0.2) is 0 Å². The Morgan fingerprint density at radius 2 is 2.11 bits per heavy atom. The summed E-state index contributed by atoms with van der Waals surface area (Å²) in [5.41, 5.74) is 0.928. The van der Waals surface area contributed by atoms with Crippen LogP contribution in [0.2, 0.25) is 0 Å². The summed E-state index contributed by atoms with van der Waals surface area (Å²) in [5.74, 6) is 2.02. The molecule has 0 bridgehead atoms. The maximum Gasteiger partial charge on any atom is 0.123 e. The highest BCUT2D eigenvalue weighted by atomic mass is 35.5. The first-order chi connectivity index (χ1) is 8.67. The Morgan fingerprint density at radius 1 is 1.33 bits per heavy atom. The van der Waals surface area contributed by atoms with Crippen molar-refractivity contribution in [2.24, 2.45) is 5.92 Å². The van der Waals surface area contributed by atoms with Crippen LogP contribution in [0.3, 0.4) is 0 Å². The molecule has 0 radical (unpaired) electrons. The summed E-state index contributed by atoms with van der Waals surface area (Å²) in [7, 11) is 3.29. The van der Waals surface area contributed by atoms with Gasteiger partial charge in [-0.1, -0.05) is 6.92 Å². The number of alkyl halides is 1. The zero-order valence-corrected chi connectivity index (χ0v) is 11.7. The molecule has 0 amide bonds. The zero-order chi connectivity index (χ0) is 13.1. The second-order valence-corrected chi connectivity index (χ2v) is 5.08. The monoisotopic (exact) mass is 270 g/mol. The van der Waals surface area contributed by atoms with Crippen LogP contribution in [0.1, 0.15) is 24.3 Å². The van der Waals surface area contributed by atoms with E-state index in [2.05, 4.69) is 6.92 Å². The van der Waals surface area contributed by atoms with Crippen molar-refractivity contribution in [3.63, 3.8) is 0 Å². The van der Waals surface area contributed by atoms with Gasteiger partial charge in [-0.3, -0.25) is 0 Å².